The summed E-state index contributed by atoms with van der Waals surface area (Å²) in [6.45, 7) is 3.94. The monoisotopic (exact) mass is 298 g/mol. The van der Waals surface area contributed by atoms with Gasteiger partial charge in [0.15, 0.2) is 0 Å². The lowest BCUT2D eigenvalue weighted by atomic mass is 9.80. The van der Waals surface area contributed by atoms with E-state index >= 15 is 0 Å². The van der Waals surface area contributed by atoms with Gasteiger partial charge in [-0.2, -0.15) is 8.42 Å². The van der Waals surface area contributed by atoms with Crippen LogP contribution in [0.4, 0.5) is 0 Å². The number of aliphatic hydroxyl groups is 1. The molecule has 0 heterocycles. The molecule has 0 radical (unpaired) electrons. The first-order valence-corrected chi connectivity index (χ1v) is 8.38. The van der Waals surface area contributed by atoms with Crippen LogP contribution in [-0.4, -0.2) is 25.7 Å². The van der Waals surface area contributed by atoms with Gasteiger partial charge in [-0.05, 0) is 57.6 Å². The van der Waals surface area contributed by atoms with Gasteiger partial charge in [0.25, 0.3) is 10.1 Å². The lowest BCUT2D eigenvalue weighted by molar-refractivity contribution is 0.00199. The Bertz CT molecular complexity index is 536. The second kappa shape index (κ2) is 5.84. The third kappa shape index (κ3) is 4.04. The Balaban J connectivity index is 1.92. The minimum Gasteiger partial charge on any atom is -0.390 e. The summed E-state index contributed by atoms with van der Waals surface area (Å²) in [5.41, 5.74) is 0.408. The average Bonchev–Trinajstić information content (AvgIpc) is 2.38. The van der Waals surface area contributed by atoms with Gasteiger partial charge in [-0.25, -0.2) is 0 Å². The second-order valence-electron chi connectivity index (χ2n) is 5.99. The minimum atomic E-state index is -3.67. The molecule has 20 heavy (non-hydrogen) atoms. The molecule has 112 valence electrons. The first-order valence-electron chi connectivity index (χ1n) is 6.97. The molecule has 0 atom stereocenters. The number of rotatable bonds is 4. The van der Waals surface area contributed by atoms with Crippen molar-refractivity contribution in [3.05, 3.63) is 29.8 Å². The molecule has 1 fully saturated rings. The van der Waals surface area contributed by atoms with Crippen LogP contribution in [0.25, 0.3) is 0 Å². The van der Waals surface area contributed by atoms with Crippen molar-refractivity contribution in [2.75, 3.05) is 6.61 Å². The first kappa shape index (κ1) is 15.5. The van der Waals surface area contributed by atoms with Gasteiger partial charge >= 0.3 is 0 Å². The van der Waals surface area contributed by atoms with Crippen LogP contribution in [0.1, 0.15) is 38.2 Å². The van der Waals surface area contributed by atoms with Crippen LogP contribution in [0.2, 0.25) is 0 Å². The van der Waals surface area contributed by atoms with Crippen molar-refractivity contribution in [1.82, 2.24) is 0 Å². The van der Waals surface area contributed by atoms with Crippen LogP contribution in [0.15, 0.2) is 29.2 Å². The Labute approximate surface area is 120 Å². The standard InChI is InChI=1S/C15H22O4S/c1-12-3-5-14(6-4-12)20(17,18)19-11-13-7-9-15(2,16)10-8-13/h3-6,13,16H,7-11H2,1-2H3/t13-,15+. The van der Waals surface area contributed by atoms with E-state index in [2.05, 4.69) is 0 Å². The molecule has 0 spiro atoms. The third-order valence-corrected chi connectivity index (χ3v) is 5.25. The number of benzene rings is 1. The number of hydrogen-bond donors (Lipinski definition) is 1. The fourth-order valence-electron chi connectivity index (χ4n) is 2.42. The highest BCUT2D eigenvalue weighted by Crippen LogP contribution is 2.32. The van der Waals surface area contributed by atoms with E-state index in [0.29, 0.717) is 12.8 Å². The molecule has 0 aromatic heterocycles. The van der Waals surface area contributed by atoms with Crippen molar-refractivity contribution >= 4 is 10.1 Å². The minimum absolute atomic E-state index is 0.200. The van der Waals surface area contributed by atoms with E-state index in [1.54, 1.807) is 24.3 Å². The molecular formula is C15H22O4S. The molecule has 1 aromatic rings. The maximum Gasteiger partial charge on any atom is 0.296 e. The van der Waals surface area contributed by atoms with Gasteiger partial charge in [0.1, 0.15) is 0 Å². The molecule has 0 unspecified atom stereocenters. The number of aryl methyl sites for hydroxylation is 1. The van der Waals surface area contributed by atoms with E-state index in [-0.39, 0.29) is 17.4 Å². The maximum absolute atomic E-state index is 12.0. The van der Waals surface area contributed by atoms with Gasteiger partial charge in [0.2, 0.25) is 0 Å². The quantitative estimate of drug-likeness (QED) is 0.868. The lowest BCUT2D eigenvalue weighted by Crippen LogP contribution is -2.32. The van der Waals surface area contributed by atoms with Crippen molar-refractivity contribution in [3.8, 4) is 0 Å². The van der Waals surface area contributed by atoms with Crippen LogP contribution >= 0.6 is 0 Å². The molecular weight excluding hydrogens is 276 g/mol. The Morgan fingerprint density at radius 3 is 2.35 bits per heavy atom. The summed E-state index contributed by atoms with van der Waals surface area (Å²) >= 11 is 0. The number of hydrogen-bond acceptors (Lipinski definition) is 4. The van der Waals surface area contributed by atoms with E-state index in [9.17, 15) is 13.5 Å². The zero-order chi connectivity index (χ0) is 14.8. The Kier molecular flexibility index (Phi) is 4.52. The highest BCUT2D eigenvalue weighted by molar-refractivity contribution is 7.86. The van der Waals surface area contributed by atoms with Crippen LogP contribution in [-0.2, 0) is 14.3 Å². The fraction of sp³-hybridized carbons (Fsp3) is 0.600. The van der Waals surface area contributed by atoms with Crippen LogP contribution in [0.5, 0.6) is 0 Å². The van der Waals surface area contributed by atoms with E-state index < -0.39 is 15.7 Å². The van der Waals surface area contributed by atoms with Crippen molar-refractivity contribution in [1.29, 1.82) is 0 Å². The van der Waals surface area contributed by atoms with Crippen molar-refractivity contribution in [3.63, 3.8) is 0 Å². The topological polar surface area (TPSA) is 63.6 Å². The van der Waals surface area contributed by atoms with E-state index in [4.69, 9.17) is 4.18 Å². The van der Waals surface area contributed by atoms with Gasteiger partial charge in [-0.3, -0.25) is 4.18 Å². The molecule has 1 aromatic carbocycles. The lowest BCUT2D eigenvalue weighted by Gasteiger charge is -2.32. The van der Waals surface area contributed by atoms with Crippen LogP contribution in [0, 0.1) is 12.8 Å². The van der Waals surface area contributed by atoms with E-state index in [1.165, 1.54) is 0 Å². The largest absolute Gasteiger partial charge is 0.390 e. The smallest absolute Gasteiger partial charge is 0.296 e. The molecule has 1 N–H and O–H groups in total. The van der Waals surface area contributed by atoms with E-state index in [1.807, 2.05) is 13.8 Å². The van der Waals surface area contributed by atoms with Gasteiger partial charge in [0.05, 0.1) is 17.1 Å². The van der Waals surface area contributed by atoms with Gasteiger partial charge in [0, 0.05) is 0 Å². The maximum atomic E-state index is 12.0. The zero-order valence-electron chi connectivity index (χ0n) is 12.0. The molecule has 4 nitrogen and oxygen atoms in total. The molecule has 0 saturated heterocycles. The van der Waals surface area contributed by atoms with Crippen LogP contribution < -0.4 is 0 Å². The molecule has 0 aliphatic heterocycles. The summed E-state index contributed by atoms with van der Waals surface area (Å²) in [6.07, 6.45) is 3.00. The normalized spacial score (nSPS) is 27.4. The molecule has 1 saturated carbocycles. The molecule has 2 rings (SSSR count). The first-order chi connectivity index (χ1) is 9.28. The third-order valence-electron chi connectivity index (χ3n) is 3.95. The summed E-state index contributed by atoms with van der Waals surface area (Å²) < 4.78 is 29.2. The zero-order valence-corrected chi connectivity index (χ0v) is 12.8. The molecule has 0 bridgehead atoms. The predicted molar refractivity (Wildman–Crippen MR) is 76.9 cm³/mol. The van der Waals surface area contributed by atoms with Crippen molar-refractivity contribution in [2.45, 2.75) is 50.0 Å². The summed E-state index contributed by atoms with van der Waals surface area (Å²) in [4.78, 5) is 0.200. The summed E-state index contributed by atoms with van der Waals surface area (Å²) in [6, 6.07) is 6.65. The average molecular weight is 298 g/mol. The Hall–Kier alpha value is -0.910. The predicted octanol–water partition coefficient (Wildman–Crippen LogP) is 2.64. The molecule has 1 aliphatic carbocycles. The molecule has 0 amide bonds. The highest BCUT2D eigenvalue weighted by Gasteiger charge is 2.29. The van der Waals surface area contributed by atoms with Crippen molar-refractivity contribution in [2.24, 2.45) is 5.92 Å². The summed E-state index contributed by atoms with van der Waals surface area (Å²) in [5.74, 6) is 0.204. The fourth-order valence-corrected chi connectivity index (χ4v) is 3.40. The summed E-state index contributed by atoms with van der Waals surface area (Å²) in [7, 11) is -3.67. The van der Waals surface area contributed by atoms with Gasteiger partial charge < -0.3 is 5.11 Å². The summed E-state index contributed by atoms with van der Waals surface area (Å²) in [5, 5.41) is 9.87. The Morgan fingerprint density at radius 2 is 1.80 bits per heavy atom. The SMILES string of the molecule is Cc1ccc(S(=O)(=O)OC[C@H]2CC[C@@](C)(O)CC2)cc1. The van der Waals surface area contributed by atoms with Crippen LogP contribution in [0.3, 0.4) is 0 Å². The van der Waals surface area contributed by atoms with E-state index in [0.717, 1.165) is 18.4 Å². The Morgan fingerprint density at radius 1 is 1.25 bits per heavy atom. The molecule has 1 aliphatic rings. The second-order valence-corrected chi connectivity index (χ2v) is 7.61. The van der Waals surface area contributed by atoms with Gasteiger partial charge in [-0.1, -0.05) is 17.7 Å². The van der Waals surface area contributed by atoms with Crippen molar-refractivity contribution < 1.29 is 17.7 Å². The van der Waals surface area contributed by atoms with Gasteiger partial charge in [-0.15, -0.1) is 0 Å². The highest BCUT2D eigenvalue weighted by atomic mass is 32.2. The molecule has 5 heteroatoms.